The van der Waals surface area contributed by atoms with Crippen molar-refractivity contribution >= 4 is 11.2 Å². The van der Waals surface area contributed by atoms with E-state index >= 15 is 0 Å². The summed E-state index contributed by atoms with van der Waals surface area (Å²) in [6.45, 7) is 7.11. The standard InChI is InChI=1S/C22H29N5O2/c1-4-10-27-21(28)18-20(24-19(23-18)17-8-11-26(3)12-9-17)25-22(27)29-14-16-7-5-6-15(2)13-16/h5-7,13,17H,4,8-12,14H2,1-3H3,(H,23,24). The van der Waals surface area contributed by atoms with Crippen LogP contribution in [0.1, 0.15) is 49.1 Å². The van der Waals surface area contributed by atoms with Crippen LogP contribution in [0.5, 0.6) is 6.01 Å². The Balaban J connectivity index is 1.65. The van der Waals surface area contributed by atoms with E-state index in [-0.39, 0.29) is 5.56 Å². The van der Waals surface area contributed by atoms with Gasteiger partial charge in [0.2, 0.25) is 0 Å². The highest BCUT2D eigenvalue weighted by Crippen LogP contribution is 2.26. The molecule has 4 rings (SSSR count). The van der Waals surface area contributed by atoms with Crippen LogP contribution in [-0.2, 0) is 13.2 Å². The molecule has 0 amide bonds. The number of nitrogens with zero attached hydrogens (tertiary/aromatic N) is 4. The summed E-state index contributed by atoms with van der Waals surface area (Å²) in [5.74, 6) is 1.22. The monoisotopic (exact) mass is 395 g/mol. The molecule has 1 aliphatic rings. The molecule has 3 heterocycles. The average Bonchev–Trinajstić information content (AvgIpc) is 3.14. The van der Waals surface area contributed by atoms with E-state index < -0.39 is 0 Å². The molecule has 1 aromatic carbocycles. The molecule has 0 radical (unpaired) electrons. The largest absolute Gasteiger partial charge is 0.460 e. The second-order valence-electron chi connectivity index (χ2n) is 8.03. The molecule has 0 aliphatic carbocycles. The van der Waals surface area contributed by atoms with Crippen molar-refractivity contribution in [3.8, 4) is 6.01 Å². The molecule has 0 bridgehead atoms. The lowest BCUT2D eigenvalue weighted by atomic mass is 9.97. The Morgan fingerprint density at radius 1 is 1.24 bits per heavy atom. The highest BCUT2D eigenvalue weighted by atomic mass is 16.5. The summed E-state index contributed by atoms with van der Waals surface area (Å²) in [5.41, 5.74) is 3.06. The van der Waals surface area contributed by atoms with Crippen LogP contribution < -0.4 is 10.3 Å². The summed E-state index contributed by atoms with van der Waals surface area (Å²) < 4.78 is 7.60. The number of aryl methyl sites for hydroxylation is 1. The molecule has 1 saturated heterocycles. The normalized spacial score (nSPS) is 15.8. The van der Waals surface area contributed by atoms with Gasteiger partial charge in [-0.05, 0) is 51.9 Å². The Morgan fingerprint density at radius 3 is 2.76 bits per heavy atom. The second kappa shape index (κ2) is 8.37. The lowest BCUT2D eigenvalue weighted by Gasteiger charge is -2.27. The van der Waals surface area contributed by atoms with Gasteiger partial charge in [0.1, 0.15) is 12.4 Å². The Hall–Kier alpha value is -2.67. The molecule has 0 saturated carbocycles. The molecule has 0 atom stereocenters. The Labute approximate surface area is 170 Å². The number of H-pyrrole nitrogens is 1. The number of benzene rings is 1. The van der Waals surface area contributed by atoms with E-state index in [0.717, 1.165) is 43.7 Å². The molecule has 1 N–H and O–H groups in total. The molecule has 7 heteroatoms. The van der Waals surface area contributed by atoms with Crippen molar-refractivity contribution < 1.29 is 4.74 Å². The molecular weight excluding hydrogens is 366 g/mol. The maximum atomic E-state index is 13.1. The summed E-state index contributed by atoms with van der Waals surface area (Å²) in [7, 11) is 2.14. The van der Waals surface area contributed by atoms with E-state index in [1.54, 1.807) is 4.57 Å². The first-order chi connectivity index (χ1) is 14.0. The van der Waals surface area contributed by atoms with Gasteiger partial charge in [-0.1, -0.05) is 36.8 Å². The van der Waals surface area contributed by atoms with Crippen molar-refractivity contribution in [2.45, 2.75) is 52.2 Å². The van der Waals surface area contributed by atoms with E-state index in [2.05, 4.69) is 46.0 Å². The predicted octanol–water partition coefficient (Wildman–Crippen LogP) is 3.23. The van der Waals surface area contributed by atoms with Gasteiger partial charge in [0.25, 0.3) is 5.56 Å². The van der Waals surface area contributed by atoms with Crippen molar-refractivity contribution in [3.63, 3.8) is 0 Å². The van der Waals surface area contributed by atoms with E-state index in [1.165, 1.54) is 5.56 Å². The van der Waals surface area contributed by atoms with Gasteiger partial charge in [-0.25, -0.2) is 4.98 Å². The molecule has 3 aromatic rings. The molecule has 7 nitrogen and oxygen atoms in total. The fourth-order valence-electron chi connectivity index (χ4n) is 3.94. The third kappa shape index (κ3) is 4.19. The fraction of sp³-hybridized carbons (Fsp3) is 0.500. The van der Waals surface area contributed by atoms with Gasteiger partial charge >= 0.3 is 6.01 Å². The summed E-state index contributed by atoms with van der Waals surface area (Å²) in [6.07, 6.45) is 2.90. The third-order valence-corrected chi connectivity index (χ3v) is 5.60. The minimum absolute atomic E-state index is 0.109. The molecule has 1 aliphatic heterocycles. The van der Waals surface area contributed by atoms with Crippen LogP contribution in [0.3, 0.4) is 0 Å². The molecular formula is C22H29N5O2. The zero-order valence-corrected chi connectivity index (χ0v) is 17.4. The van der Waals surface area contributed by atoms with E-state index in [4.69, 9.17) is 4.74 Å². The number of piperidine rings is 1. The van der Waals surface area contributed by atoms with Gasteiger partial charge in [0.05, 0.1) is 0 Å². The maximum absolute atomic E-state index is 13.1. The molecule has 0 spiro atoms. The topological polar surface area (TPSA) is 76.0 Å². The van der Waals surface area contributed by atoms with Crippen LogP contribution in [0.4, 0.5) is 0 Å². The first-order valence-corrected chi connectivity index (χ1v) is 10.4. The summed E-state index contributed by atoms with van der Waals surface area (Å²) in [4.78, 5) is 28.0. The number of nitrogens with one attached hydrogen (secondary N) is 1. The molecule has 1 fully saturated rings. The van der Waals surface area contributed by atoms with Gasteiger partial charge in [0, 0.05) is 12.5 Å². The molecule has 2 aromatic heterocycles. The van der Waals surface area contributed by atoms with Gasteiger partial charge in [-0.3, -0.25) is 9.36 Å². The minimum atomic E-state index is -0.109. The fourth-order valence-corrected chi connectivity index (χ4v) is 3.94. The van der Waals surface area contributed by atoms with Crippen molar-refractivity contribution in [3.05, 3.63) is 51.6 Å². The zero-order chi connectivity index (χ0) is 20.4. The van der Waals surface area contributed by atoms with Crippen molar-refractivity contribution in [1.29, 1.82) is 0 Å². The number of fused-ring (bicyclic) bond motifs is 1. The first-order valence-electron chi connectivity index (χ1n) is 10.4. The number of hydrogen-bond acceptors (Lipinski definition) is 5. The number of aromatic nitrogens is 4. The highest BCUT2D eigenvalue weighted by Gasteiger charge is 2.23. The third-order valence-electron chi connectivity index (χ3n) is 5.60. The number of aromatic amines is 1. The quantitative estimate of drug-likeness (QED) is 0.693. The van der Waals surface area contributed by atoms with Crippen LogP contribution in [0.25, 0.3) is 11.2 Å². The van der Waals surface area contributed by atoms with Gasteiger partial charge in [0.15, 0.2) is 11.2 Å². The van der Waals surface area contributed by atoms with E-state index in [0.29, 0.717) is 36.2 Å². The van der Waals surface area contributed by atoms with Crippen LogP contribution >= 0.6 is 0 Å². The predicted molar refractivity (Wildman–Crippen MR) is 113 cm³/mol. The number of likely N-dealkylation sites (tertiary alicyclic amines) is 1. The summed E-state index contributed by atoms with van der Waals surface area (Å²) in [5, 5.41) is 0. The average molecular weight is 396 g/mol. The first kappa shape index (κ1) is 19.6. The van der Waals surface area contributed by atoms with Gasteiger partial charge < -0.3 is 14.6 Å². The lowest BCUT2D eigenvalue weighted by molar-refractivity contribution is 0.252. The SMILES string of the molecule is CCCn1c(OCc2cccc(C)c2)nc2nc(C3CCN(C)CC3)[nH]c2c1=O. The highest BCUT2D eigenvalue weighted by molar-refractivity contribution is 5.70. The number of hydrogen-bond donors (Lipinski definition) is 1. The molecule has 29 heavy (non-hydrogen) atoms. The van der Waals surface area contributed by atoms with Gasteiger partial charge in [-0.2, -0.15) is 4.98 Å². The van der Waals surface area contributed by atoms with E-state index in [1.807, 2.05) is 19.1 Å². The maximum Gasteiger partial charge on any atom is 0.301 e. The minimum Gasteiger partial charge on any atom is -0.460 e. The number of imidazole rings is 1. The Morgan fingerprint density at radius 2 is 2.03 bits per heavy atom. The Kier molecular flexibility index (Phi) is 5.67. The zero-order valence-electron chi connectivity index (χ0n) is 17.4. The molecule has 154 valence electrons. The summed E-state index contributed by atoms with van der Waals surface area (Å²) >= 11 is 0. The van der Waals surface area contributed by atoms with Crippen LogP contribution in [-0.4, -0.2) is 44.6 Å². The van der Waals surface area contributed by atoms with Gasteiger partial charge in [-0.15, -0.1) is 0 Å². The van der Waals surface area contributed by atoms with Crippen molar-refractivity contribution in [1.82, 2.24) is 24.4 Å². The second-order valence-corrected chi connectivity index (χ2v) is 8.03. The smallest absolute Gasteiger partial charge is 0.301 e. The number of rotatable bonds is 6. The van der Waals surface area contributed by atoms with Crippen LogP contribution in [0, 0.1) is 6.92 Å². The lowest BCUT2D eigenvalue weighted by Crippen LogP contribution is -2.29. The molecule has 0 unspecified atom stereocenters. The van der Waals surface area contributed by atoms with Crippen LogP contribution in [0.15, 0.2) is 29.1 Å². The summed E-state index contributed by atoms with van der Waals surface area (Å²) in [6, 6.07) is 8.49. The van der Waals surface area contributed by atoms with Crippen molar-refractivity contribution in [2.75, 3.05) is 20.1 Å². The van der Waals surface area contributed by atoms with Crippen LogP contribution in [0.2, 0.25) is 0 Å². The number of ether oxygens (including phenoxy) is 1. The Bertz CT molecular complexity index is 1050. The van der Waals surface area contributed by atoms with E-state index in [9.17, 15) is 4.79 Å². The van der Waals surface area contributed by atoms with Crippen molar-refractivity contribution in [2.24, 2.45) is 0 Å².